The van der Waals surface area contributed by atoms with E-state index in [1.807, 2.05) is 42.3 Å². The number of thiol groups is 1. The molecule has 0 heterocycles. The summed E-state index contributed by atoms with van der Waals surface area (Å²) in [5, 5.41) is 7.77. The highest BCUT2D eigenvalue weighted by Crippen LogP contribution is 2.09. The number of carbonyl (C=O) groups excluding carboxylic acids is 1. The maximum absolute atomic E-state index is 9.19. The van der Waals surface area contributed by atoms with E-state index in [9.17, 15) is 8.42 Å². The van der Waals surface area contributed by atoms with Gasteiger partial charge in [0.1, 0.15) is 6.54 Å². The zero-order valence-electron chi connectivity index (χ0n) is 11.1. The number of para-hydroxylation sites is 1. The molecule has 9 heteroatoms. The van der Waals surface area contributed by atoms with E-state index in [1.165, 1.54) is 0 Å². The lowest BCUT2D eigenvalue weighted by atomic mass is 10.3. The third-order valence-electron chi connectivity index (χ3n) is 1.50. The first-order valence-corrected chi connectivity index (χ1v) is 7.41. The first-order valence-electron chi connectivity index (χ1n) is 5.12. The van der Waals surface area contributed by atoms with Crippen LogP contribution in [0.15, 0.2) is 30.3 Å². The van der Waals surface area contributed by atoms with E-state index in [4.69, 9.17) is 14.6 Å². The fourth-order valence-corrected chi connectivity index (χ4v) is 0.880. The van der Waals surface area contributed by atoms with E-state index in [1.54, 1.807) is 0 Å². The summed E-state index contributed by atoms with van der Waals surface area (Å²) in [5.41, 5.74) is 5.41. The average Bonchev–Trinajstić information content (AvgIpc) is 2.27. The zero-order valence-corrected chi connectivity index (χ0v) is 12.8. The van der Waals surface area contributed by atoms with Crippen molar-refractivity contribution in [1.29, 1.82) is 5.26 Å². The van der Waals surface area contributed by atoms with Gasteiger partial charge in [-0.25, -0.2) is 0 Å². The number of anilines is 1. The average molecular weight is 319 g/mol. The van der Waals surface area contributed by atoms with Crippen LogP contribution in [0, 0.1) is 11.3 Å². The van der Waals surface area contributed by atoms with Crippen molar-refractivity contribution < 1.29 is 17.8 Å². The summed E-state index contributed by atoms with van der Waals surface area (Å²) in [6.45, 7) is 0.435. The van der Waals surface area contributed by atoms with Gasteiger partial charge in [-0.3, -0.25) is 9.35 Å². The van der Waals surface area contributed by atoms with Crippen molar-refractivity contribution in [2.24, 2.45) is 5.73 Å². The predicted octanol–water partition coefficient (Wildman–Crippen LogP) is 1.15. The van der Waals surface area contributed by atoms with Gasteiger partial charge in [-0.1, -0.05) is 30.8 Å². The number of amides is 1. The van der Waals surface area contributed by atoms with Crippen LogP contribution in [0.3, 0.4) is 0 Å². The Bertz CT molecular complexity index is 514. The van der Waals surface area contributed by atoms with Crippen molar-refractivity contribution >= 4 is 33.7 Å². The fraction of sp³-hybridized carbons (Fsp3) is 0.273. The molecule has 0 saturated heterocycles. The summed E-state index contributed by atoms with van der Waals surface area (Å²) >= 11 is 3.10. The lowest BCUT2D eigenvalue weighted by molar-refractivity contribution is 0.267. The normalized spacial score (nSPS) is 8.95. The monoisotopic (exact) mass is 319 g/mol. The van der Waals surface area contributed by atoms with Gasteiger partial charge in [0.25, 0.3) is 15.4 Å². The van der Waals surface area contributed by atoms with E-state index in [0.29, 0.717) is 12.8 Å². The molecule has 0 bridgehead atoms. The molecule has 0 atom stereocenters. The van der Waals surface area contributed by atoms with E-state index >= 15 is 0 Å². The SMILES string of the molecule is CN(CC#N)c1ccccc1.CS(=O)(=O)O.NC(=O)S. The number of hydrogen-bond donors (Lipinski definition) is 3. The van der Waals surface area contributed by atoms with Gasteiger partial charge >= 0.3 is 0 Å². The molecule has 0 aliphatic rings. The minimum atomic E-state index is -3.67. The molecule has 0 aliphatic heterocycles. The summed E-state index contributed by atoms with van der Waals surface area (Å²) in [6, 6.07) is 11.9. The van der Waals surface area contributed by atoms with Crippen molar-refractivity contribution in [3.63, 3.8) is 0 Å². The summed E-state index contributed by atoms with van der Waals surface area (Å²) in [4.78, 5) is 11.0. The molecule has 0 aliphatic carbocycles. The van der Waals surface area contributed by atoms with Crippen LogP contribution in [0.25, 0.3) is 0 Å². The first kappa shape index (κ1) is 20.6. The van der Waals surface area contributed by atoms with Gasteiger partial charge in [0.2, 0.25) is 0 Å². The van der Waals surface area contributed by atoms with Gasteiger partial charge in [-0.05, 0) is 12.1 Å². The standard InChI is InChI=1S/C9H10N2.CH3NOS.CH4O3S/c1-11(8-7-10)9-5-3-2-4-6-9;2-1(3)4;1-5(2,3)4/h2-6H,8H2,1H3;(H3,2,3,4);1H3,(H,2,3,4). The number of nitrogens with zero attached hydrogens (tertiary/aromatic N) is 2. The van der Waals surface area contributed by atoms with Crippen molar-refractivity contribution in [3.8, 4) is 6.07 Å². The Labute approximate surface area is 124 Å². The van der Waals surface area contributed by atoms with Gasteiger partial charge in [0.05, 0.1) is 12.3 Å². The van der Waals surface area contributed by atoms with Crippen LogP contribution in [0.4, 0.5) is 10.5 Å². The lowest BCUT2D eigenvalue weighted by Crippen LogP contribution is -2.16. The van der Waals surface area contributed by atoms with Gasteiger partial charge in [-0.2, -0.15) is 13.7 Å². The van der Waals surface area contributed by atoms with Crippen LogP contribution in [0.2, 0.25) is 0 Å². The Hall–Kier alpha value is -1.76. The lowest BCUT2D eigenvalue weighted by Gasteiger charge is -2.13. The number of nitriles is 1. The molecular formula is C11H17N3O4S2. The molecule has 7 nitrogen and oxygen atoms in total. The highest BCUT2D eigenvalue weighted by Gasteiger charge is 1.95. The minimum absolute atomic E-state index is 0.435. The maximum atomic E-state index is 9.19. The van der Waals surface area contributed by atoms with Crippen molar-refractivity contribution in [2.75, 3.05) is 24.7 Å². The Balaban J connectivity index is 0. The second kappa shape index (κ2) is 11.1. The number of primary amides is 1. The largest absolute Gasteiger partial charge is 0.361 e. The van der Waals surface area contributed by atoms with Crippen LogP contribution >= 0.6 is 12.6 Å². The second-order valence-corrected chi connectivity index (χ2v) is 5.33. The molecule has 1 aromatic rings. The number of rotatable bonds is 2. The van der Waals surface area contributed by atoms with E-state index in [2.05, 4.69) is 24.4 Å². The summed E-state index contributed by atoms with van der Waals surface area (Å²) in [7, 11) is -1.77. The van der Waals surface area contributed by atoms with E-state index in [0.717, 1.165) is 5.69 Å². The summed E-state index contributed by atoms with van der Waals surface area (Å²) < 4.78 is 25.9. The number of carbonyl (C=O) groups is 1. The second-order valence-electron chi connectivity index (χ2n) is 3.42. The quantitative estimate of drug-likeness (QED) is 0.426. The fourth-order valence-electron chi connectivity index (χ4n) is 0.880. The highest BCUT2D eigenvalue weighted by molar-refractivity contribution is 7.96. The molecule has 0 aromatic heterocycles. The minimum Gasteiger partial charge on any atom is -0.361 e. The van der Waals surface area contributed by atoms with Crippen LogP contribution < -0.4 is 10.6 Å². The number of benzene rings is 1. The maximum Gasteiger partial charge on any atom is 0.273 e. The topological polar surface area (TPSA) is 124 Å². The molecule has 112 valence electrons. The highest BCUT2D eigenvalue weighted by atomic mass is 32.2. The summed E-state index contributed by atoms with van der Waals surface area (Å²) in [5.74, 6) is 0. The van der Waals surface area contributed by atoms with Gasteiger partial charge < -0.3 is 10.6 Å². The Morgan fingerprint density at radius 1 is 1.45 bits per heavy atom. The zero-order chi connectivity index (χ0) is 16.2. The molecule has 0 spiro atoms. The van der Waals surface area contributed by atoms with Crippen LogP contribution in [0.5, 0.6) is 0 Å². The third-order valence-corrected chi connectivity index (χ3v) is 1.50. The molecular weight excluding hydrogens is 302 g/mol. The predicted molar refractivity (Wildman–Crippen MR) is 81.4 cm³/mol. The molecule has 1 rings (SSSR count). The molecule has 1 aromatic carbocycles. The Kier molecular flexibility index (Phi) is 11.4. The molecule has 3 N–H and O–H groups in total. The van der Waals surface area contributed by atoms with Gasteiger partial charge in [0, 0.05) is 12.7 Å². The van der Waals surface area contributed by atoms with Crippen LogP contribution in [-0.2, 0) is 10.1 Å². The van der Waals surface area contributed by atoms with Gasteiger partial charge in [-0.15, -0.1) is 0 Å². The van der Waals surface area contributed by atoms with Crippen molar-refractivity contribution in [3.05, 3.63) is 30.3 Å². The van der Waals surface area contributed by atoms with Crippen molar-refractivity contribution in [1.82, 2.24) is 0 Å². The molecule has 1 amide bonds. The van der Waals surface area contributed by atoms with Crippen molar-refractivity contribution in [2.45, 2.75) is 0 Å². The number of hydrogen-bond acceptors (Lipinski definition) is 5. The first-order chi connectivity index (χ1) is 9.07. The third kappa shape index (κ3) is 21.5. The number of nitrogens with two attached hydrogens (primary N) is 1. The van der Waals surface area contributed by atoms with E-state index in [-0.39, 0.29) is 0 Å². The molecule has 20 heavy (non-hydrogen) atoms. The molecule has 0 saturated carbocycles. The molecule has 0 fully saturated rings. The Morgan fingerprint density at radius 3 is 2.10 bits per heavy atom. The van der Waals surface area contributed by atoms with Crippen LogP contribution in [-0.4, -0.2) is 38.1 Å². The van der Waals surface area contributed by atoms with Crippen LogP contribution in [0.1, 0.15) is 0 Å². The summed E-state index contributed by atoms with van der Waals surface area (Å²) in [6.07, 6.45) is 0.715. The molecule has 0 unspecified atom stereocenters. The Morgan fingerprint density at radius 2 is 1.80 bits per heavy atom. The van der Waals surface area contributed by atoms with Gasteiger partial charge in [0.15, 0.2) is 0 Å². The van der Waals surface area contributed by atoms with E-state index < -0.39 is 15.4 Å². The smallest absolute Gasteiger partial charge is 0.273 e. The molecule has 0 radical (unpaired) electrons.